The average Bonchev–Trinajstić information content (AvgIpc) is 2.37. The van der Waals surface area contributed by atoms with Gasteiger partial charge in [-0.05, 0) is 27.7 Å². The van der Waals surface area contributed by atoms with Crippen molar-refractivity contribution in [1.82, 2.24) is 0 Å². The van der Waals surface area contributed by atoms with Crippen LogP contribution in [-0.2, 0) is 23.9 Å². The van der Waals surface area contributed by atoms with Crippen LogP contribution in [0.15, 0.2) is 0 Å². The van der Waals surface area contributed by atoms with Crippen LogP contribution in [0.3, 0.4) is 0 Å². The number of carbonyl (C=O) groups excluding carboxylic acids is 3. The molecule has 0 heterocycles. The zero-order valence-electron chi connectivity index (χ0n) is 11.8. The highest BCUT2D eigenvalue weighted by Crippen LogP contribution is 2.14. The van der Waals surface area contributed by atoms with Crippen LogP contribution < -0.4 is 0 Å². The first kappa shape index (κ1) is 18.9. The van der Waals surface area contributed by atoms with E-state index in [4.69, 9.17) is 5.11 Å². The van der Waals surface area contributed by atoms with Crippen molar-refractivity contribution in [3.8, 4) is 0 Å². The van der Waals surface area contributed by atoms with Gasteiger partial charge in [0, 0.05) is 0 Å². The topological polar surface area (TPSA) is 89.9 Å². The molecule has 106 valence electrons. The highest BCUT2D eigenvalue weighted by Gasteiger charge is 2.27. The van der Waals surface area contributed by atoms with Gasteiger partial charge in [0.15, 0.2) is 0 Å². The first-order chi connectivity index (χ1) is 8.08. The number of aliphatic hydroxyl groups excluding tert-OH is 1. The Hall–Kier alpha value is -1.43. The monoisotopic (exact) mass is 262 g/mol. The van der Waals surface area contributed by atoms with Gasteiger partial charge in [0.25, 0.3) is 0 Å². The molecule has 6 heteroatoms. The molecule has 0 aliphatic heterocycles. The molecule has 0 spiro atoms. The van der Waals surface area contributed by atoms with Crippen molar-refractivity contribution in [1.29, 1.82) is 0 Å². The maximum Gasteiger partial charge on any atom is 0.318 e. The fourth-order valence-electron chi connectivity index (χ4n) is 0.652. The Morgan fingerprint density at radius 3 is 1.56 bits per heavy atom. The van der Waals surface area contributed by atoms with Gasteiger partial charge in [-0.25, -0.2) is 0 Å². The number of rotatable bonds is 4. The van der Waals surface area contributed by atoms with Crippen LogP contribution in [0.5, 0.6) is 0 Å². The molecular formula is C12H22O6. The molecule has 0 unspecified atom stereocenters. The molecule has 18 heavy (non-hydrogen) atoms. The van der Waals surface area contributed by atoms with Crippen LogP contribution in [0.2, 0.25) is 0 Å². The van der Waals surface area contributed by atoms with Gasteiger partial charge in [0.1, 0.15) is 11.7 Å². The summed E-state index contributed by atoms with van der Waals surface area (Å²) in [4.78, 5) is 31.4. The van der Waals surface area contributed by atoms with E-state index < -0.39 is 16.8 Å². The van der Waals surface area contributed by atoms with E-state index >= 15 is 0 Å². The highest BCUT2D eigenvalue weighted by atomic mass is 16.5. The second kappa shape index (κ2) is 7.81. The molecule has 0 saturated carbocycles. The van der Waals surface area contributed by atoms with Crippen molar-refractivity contribution in [3.63, 3.8) is 0 Å². The molecule has 0 atom stereocenters. The van der Waals surface area contributed by atoms with Crippen molar-refractivity contribution in [2.75, 3.05) is 20.8 Å². The van der Waals surface area contributed by atoms with Gasteiger partial charge in [-0.15, -0.1) is 0 Å². The standard InChI is InChI=1S/C6H12O3.C6H10O3/c2*1-6(2,4-7)5(8)9-3/h7H,4H2,1-3H3;4H,1-3H3. The second-order valence-corrected chi connectivity index (χ2v) is 4.86. The van der Waals surface area contributed by atoms with Crippen LogP contribution in [-0.4, -0.2) is 44.2 Å². The van der Waals surface area contributed by atoms with Crippen LogP contribution >= 0.6 is 0 Å². The predicted octanol–water partition coefficient (Wildman–Crippen LogP) is 0.562. The molecule has 0 bridgehead atoms. The summed E-state index contributed by atoms with van der Waals surface area (Å²) in [6, 6.07) is 0. The Labute approximate surface area is 107 Å². The maximum atomic E-state index is 10.7. The molecule has 0 aromatic carbocycles. The van der Waals surface area contributed by atoms with Crippen molar-refractivity contribution in [2.24, 2.45) is 10.8 Å². The predicted molar refractivity (Wildman–Crippen MR) is 64.7 cm³/mol. The van der Waals surface area contributed by atoms with Crippen LogP contribution in [0.1, 0.15) is 27.7 Å². The molecule has 0 rings (SSSR count). The van der Waals surface area contributed by atoms with Gasteiger partial charge in [0.05, 0.1) is 26.2 Å². The number of hydrogen-bond donors (Lipinski definition) is 1. The van der Waals surface area contributed by atoms with Crippen molar-refractivity contribution < 1.29 is 29.0 Å². The lowest BCUT2D eigenvalue weighted by atomic mass is 9.95. The molecule has 0 aromatic rings. The normalized spacial score (nSPS) is 10.8. The minimum atomic E-state index is -0.991. The van der Waals surface area contributed by atoms with Crippen LogP contribution in [0.4, 0.5) is 0 Å². The maximum absolute atomic E-state index is 10.7. The van der Waals surface area contributed by atoms with E-state index in [-0.39, 0.29) is 12.6 Å². The lowest BCUT2D eigenvalue weighted by Crippen LogP contribution is -2.29. The number of aldehydes is 1. The first-order valence-electron chi connectivity index (χ1n) is 5.33. The van der Waals surface area contributed by atoms with Crippen LogP contribution in [0.25, 0.3) is 0 Å². The first-order valence-corrected chi connectivity index (χ1v) is 5.33. The van der Waals surface area contributed by atoms with E-state index in [0.717, 1.165) is 0 Å². The molecule has 0 radical (unpaired) electrons. The Bertz CT molecular complexity index is 293. The molecule has 0 aliphatic rings. The van der Waals surface area contributed by atoms with Gasteiger partial charge < -0.3 is 19.4 Å². The highest BCUT2D eigenvalue weighted by molar-refractivity contribution is 5.91. The average molecular weight is 262 g/mol. The number of esters is 2. The summed E-state index contributed by atoms with van der Waals surface area (Å²) in [6.07, 6.45) is 0.568. The van der Waals surface area contributed by atoms with Crippen molar-refractivity contribution in [3.05, 3.63) is 0 Å². The third kappa shape index (κ3) is 6.34. The zero-order valence-corrected chi connectivity index (χ0v) is 11.8. The molecule has 0 aliphatic carbocycles. The van der Waals surface area contributed by atoms with Crippen molar-refractivity contribution >= 4 is 18.2 Å². The summed E-state index contributed by atoms with van der Waals surface area (Å²) in [5.74, 6) is -0.887. The summed E-state index contributed by atoms with van der Waals surface area (Å²) in [5.41, 5.74) is -1.75. The minimum absolute atomic E-state index is 0.181. The molecule has 1 N–H and O–H groups in total. The molecular weight excluding hydrogens is 240 g/mol. The van der Waals surface area contributed by atoms with Gasteiger partial charge in [-0.2, -0.15) is 0 Å². The Balaban J connectivity index is 0. The van der Waals surface area contributed by atoms with E-state index in [1.54, 1.807) is 13.8 Å². The van der Waals surface area contributed by atoms with Crippen molar-refractivity contribution in [2.45, 2.75) is 27.7 Å². The lowest BCUT2D eigenvalue weighted by molar-refractivity contribution is -0.153. The fraction of sp³-hybridized carbons (Fsp3) is 0.750. The van der Waals surface area contributed by atoms with E-state index in [0.29, 0.717) is 6.29 Å². The summed E-state index contributed by atoms with van der Waals surface area (Å²) in [5, 5.41) is 8.59. The molecule has 0 fully saturated rings. The second-order valence-electron chi connectivity index (χ2n) is 4.86. The summed E-state index contributed by atoms with van der Waals surface area (Å²) >= 11 is 0. The van der Waals surface area contributed by atoms with Gasteiger partial charge in [0.2, 0.25) is 0 Å². The molecule has 0 amide bonds. The van der Waals surface area contributed by atoms with Gasteiger partial charge in [-0.1, -0.05) is 0 Å². The van der Waals surface area contributed by atoms with E-state index in [9.17, 15) is 14.4 Å². The third-order valence-electron chi connectivity index (χ3n) is 2.14. The quantitative estimate of drug-likeness (QED) is 0.452. The Morgan fingerprint density at radius 2 is 1.44 bits per heavy atom. The van der Waals surface area contributed by atoms with E-state index in [1.807, 2.05) is 0 Å². The fourth-order valence-corrected chi connectivity index (χ4v) is 0.652. The van der Waals surface area contributed by atoms with Gasteiger partial charge >= 0.3 is 11.9 Å². The lowest BCUT2D eigenvalue weighted by Gasteiger charge is -2.16. The number of ether oxygens (including phenoxy) is 2. The number of aliphatic hydroxyl groups is 1. The smallest absolute Gasteiger partial charge is 0.318 e. The SMILES string of the molecule is COC(=O)C(C)(C)C=O.COC(=O)C(C)(C)CO. The molecule has 0 saturated heterocycles. The van der Waals surface area contributed by atoms with Crippen LogP contribution in [0, 0.1) is 10.8 Å². The molecule has 6 nitrogen and oxygen atoms in total. The molecule has 0 aromatic heterocycles. The zero-order chi connectivity index (χ0) is 15.0. The number of methoxy groups -OCH3 is 2. The Kier molecular flexibility index (Phi) is 8.21. The number of hydrogen-bond acceptors (Lipinski definition) is 6. The minimum Gasteiger partial charge on any atom is -0.469 e. The largest absolute Gasteiger partial charge is 0.469 e. The number of carbonyl (C=O) groups is 3. The summed E-state index contributed by atoms with van der Waals surface area (Å²) in [6.45, 7) is 6.08. The van der Waals surface area contributed by atoms with E-state index in [1.165, 1.54) is 28.1 Å². The Morgan fingerprint density at radius 1 is 1.06 bits per heavy atom. The van der Waals surface area contributed by atoms with E-state index in [2.05, 4.69) is 9.47 Å². The third-order valence-corrected chi connectivity index (χ3v) is 2.14. The summed E-state index contributed by atoms with van der Waals surface area (Å²) in [7, 11) is 2.56. The summed E-state index contributed by atoms with van der Waals surface area (Å²) < 4.78 is 8.74. The van der Waals surface area contributed by atoms with Gasteiger partial charge in [-0.3, -0.25) is 9.59 Å².